The molecule has 5 aromatic carbocycles. The van der Waals surface area contributed by atoms with E-state index < -0.39 is 0 Å². The SMILES string of the molecule is Oc1ccccc1-c1nc(-c2[c-]c(-n3c4ccccc4c4cccnc43)cc(-c3ccccc3)c2)c2oc3ccccc3c2n1.[Pt]. The smallest absolute Gasteiger partial charge is 0.155 e. The molecule has 1 N–H and O–H groups in total. The Morgan fingerprint density at radius 1 is 0.674 bits per heavy atom. The maximum atomic E-state index is 10.8. The number of benzene rings is 5. The first kappa shape index (κ1) is 27.9. The molecule has 0 aliphatic rings. The van der Waals surface area contributed by atoms with Gasteiger partial charge in [-0.2, -0.15) is 0 Å². The fraction of sp³-hybridized carbons (Fsp3) is 0. The van der Waals surface area contributed by atoms with Crippen LogP contribution in [0.1, 0.15) is 0 Å². The van der Waals surface area contributed by atoms with Crippen molar-refractivity contribution in [1.82, 2.24) is 19.5 Å². The van der Waals surface area contributed by atoms with Gasteiger partial charge in [-0.3, -0.25) is 4.98 Å². The minimum absolute atomic E-state index is 0. The molecule has 0 amide bonds. The Bertz CT molecular complexity index is 2520. The van der Waals surface area contributed by atoms with E-state index in [0.717, 1.165) is 49.7 Å². The van der Waals surface area contributed by atoms with Crippen LogP contribution >= 0.6 is 0 Å². The summed E-state index contributed by atoms with van der Waals surface area (Å²) in [4.78, 5) is 14.8. The van der Waals surface area contributed by atoms with Gasteiger partial charge < -0.3 is 14.1 Å². The molecule has 0 saturated carbocycles. The molecule has 7 heteroatoms. The minimum Gasteiger partial charge on any atom is -0.507 e. The summed E-state index contributed by atoms with van der Waals surface area (Å²) in [7, 11) is 0. The number of rotatable bonds is 4. The topological polar surface area (TPSA) is 77.0 Å². The van der Waals surface area contributed by atoms with Gasteiger partial charge in [-0.25, -0.2) is 9.97 Å². The van der Waals surface area contributed by atoms with Crippen LogP contribution in [0, 0.1) is 6.07 Å². The summed E-state index contributed by atoms with van der Waals surface area (Å²) in [5.74, 6) is 0.510. The summed E-state index contributed by atoms with van der Waals surface area (Å²) < 4.78 is 8.60. The Morgan fingerprint density at radius 2 is 1.41 bits per heavy atom. The summed E-state index contributed by atoms with van der Waals surface area (Å²) in [6, 6.07) is 45.5. The zero-order valence-corrected chi connectivity index (χ0v) is 26.4. The normalized spacial score (nSPS) is 11.4. The average molecular weight is 775 g/mol. The number of aromatic nitrogens is 4. The molecule has 0 saturated heterocycles. The summed E-state index contributed by atoms with van der Waals surface area (Å²) in [6.45, 7) is 0. The van der Waals surface area contributed by atoms with E-state index in [1.165, 1.54) is 0 Å². The van der Waals surface area contributed by atoms with Gasteiger partial charge >= 0.3 is 0 Å². The Morgan fingerprint density at radius 3 is 2.28 bits per heavy atom. The molecular formula is C39H23N4O2Pt-. The summed E-state index contributed by atoms with van der Waals surface area (Å²) in [5.41, 5.74) is 8.55. The van der Waals surface area contributed by atoms with E-state index in [0.29, 0.717) is 33.8 Å². The summed E-state index contributed by atoms with van der Waals surface area (Å²) in [6.07, 6.45) is 1.82. The predicted molar refractivity (Wildman–Crippen MR) is 178 cm³/mol. The van der Waals surface area contributed by atoms with Crippen LogP contribution in [0.15, 0.2) is 138 Å². The van der Waals surface area contributed by atoms with Crippen LogP contribution in [0.5, 0.6) is 5.75 Å². The fourth-order valence-electron chi connectivity index (χ4n) is 6.20. The molecule has 6 nitrogen and oxygen atoms in total. The van der Waals surface area contributed by atoms with Crippen molar-refractivity contribution in [3.8, 4) is 45.2 Å². The third-order valence-corrected chi connectivity index (χ3v) is 8.26. The summed E-state index contributed by atoms with van der Waals surface area (Å²) in [5, 5.41) is 13.9. The third kappa shape index (κ3) is 4.41. The first-order valence-corrected chi connectivity index (χ1v) is 14.7. The second-order valence-corrected chi connectivity index (χ2v) is 11.0. The molecule has 0 bridgehead atoms. The number of furan rings is 1. The van der Waals surface area contributed by atoms with Crippen LogP contribution in [-0.2, 0) is 21.1 Å². The van der Waals surface area contributed by atoms with Crippen LogP contribution in [-0.4, -0.2) is 24.6 Å². The van der Waals surface area contributed by atoms with Gasteiger partial charge in [0, 0.05) is 49.1 Å². The van der Waals surface area contributed by atoms with Crippen molar-refractivity contribution >= 4 is 44.0 Å². The number of nitrogens with zero attached hydrogens (tertiary/aromatic N) is 4. The van der Waals surface area contributed by atoms with Crippen molar-refractivity contribution in [1.29, 1.82) is 0 Å². The van der Waals surface area contributed by atoms with E-state index in [1.807, 2.05) is 79.0 Å². The first-order chi connectivity index (χ1) is 22.2. The second kappa shape index (κ2) is 11.1. The number of pyridine rings is 1. The van der Waals surface area contributed by atoms with Crippen molar-refractivity contribution in [2.75, 3.05) is 0 Å². The zero-order chi connectivity index (χ0) is 29.9. The number of hydrogen-bond acceptors (Lipinski definition) is 5. The molecule has 9 aromatic rings. The molecule has 0 fully saturated rings. The maximum absolute atomic E-state index is 10.8. The third-order valence-electron chi connectivity index (χ3n) is 8.26. The van der Waals surface area contributed by atoms with Crippen LogP contribution in [0.25, 0.3) is 83.5 Å². The van der Waals surface area contributed by atoms with Gasteiger partial charge in [0.1, 0.15) is 28.1 Å². The van der Waals surface area contributed by atoms with Gasteiger partial charge in [0.25, 0.3) is 0 Å². The molecule has 0 spiro atoms. The molecule has 0 radical (unpaired) electrons. The number of aromatic hydroxyl groups is 1. The number of phenolic OH excluding ortho intramolecular Hbond substituents is 1. The van der Waals surface area contributed by atoms with Crippen molar-refractivity contribution in [2.45, 2.75) is 0 Å². The first-order valence-electron chi connectivity index (χ1n) is 14.7. The number of para-hydroxylation sites is 3. The van der Waals surface area contributed by atoms with Gasteiger partial charge in [-0.15, -0.1) is 23.8 Å². The van der Waals surface area contributed by atoms with Crippen molar-refractivity contribution in [3.63, 3.8) is 0 Å². The van der Waals surface area contributed by atoms with Gasteiger partial charge in [0.05, 0.1) is 11.1 Å². The maximum Gasteiger partial charge on any atom is 0.155 e. The number of hydrogen-bond donors (Lipinski definition) is 1. The quantitative estimate of drug-likeness (QED) is 0.181. The second-order valence-electron chi connectivity index (χ2n) is 11.0. The molecular weight excluding hydrogens is 752 g/mol. The monoisotopic (exact) mass is 774 g/mol. The van der Waals surface area contributed by atoms with Crippen molar-refractivity contribution in [2.24, 2.45) is 0 Å². The largest absolute Gasteiger partial charge is 0.507 e. The van der Waals surface area contributed by atoms with Crippen LogP contribution in [0.2, 0.25) is 0 Å². The minimum atomic E-state index is 0. The fourth-order valence-corrected chi connectivity index (χ4v) is 6.20. The van der Waals surface area contributed by atoms with E-state index in [-0.39, 0.29) is 26.8 Å². The molecule has 0 atom stereocenters. The predicted octanol–water partition coefficient (Wildman–Crippen LogP) is 9.37. The zero-order valence-electron chi connectivity index (χ0n) is 24.2. The molecule has 0 aliphatic heterocycles. The van der Waals surface area contributed by atoms with Gasteiger partial charge in [-0.1, -0.05) is 78.4 Å². The number of fused-ring (bicyclic) bond motifs is 6. The Balaban J connectivity index is 0.00000312. The van der Waals surface area contributed by atoms with Gasteiger partial charge in [-0.05, 0) is 53.7 Å². The van der Waals surface area contributed by atoms with E-state index >= 15 is 0 Å². The van der Waals surface area contributed by atoms with E-state index in [4.69, 9.17) is 19.4 Å². The molecule has 0 unspecified atom stereocenters. The van der Waals surface area contributed by atoms with Crippen LogP contribution < -0.4 is 0 Å². The molecule has 4 heterocycles. The molecule has 222 valence electrons. The molecule has 9 rings (SSSR count). The Labute approximate surface area is 277 Å². The van der Waals surface area contributed by atoms with Gasteiger partial charge in [0.2, 0.25) is 0 Å². The Kier molecular flexibility index (Phi) is 6.74. The van der Waals surface area contributed by atoms with Crippen molar-refractivity contribution in [3.05, 3.63) is 140 Å². The van der Waals surface area contributed by atoms with Gasteiger partial charge in [0.15, 0.2) is 5.82 Å². The average Bonchev–Trinajstić information content (AvgIpc) is 3.64. The van der Waals surface area contributed by atoms with E-state index in [9.17, 15) is 5.11 Å². The number of phenols is 1. The molecule has 46 heavy (non-hydrogen) atoms. The van der Waals surface area contributed by atoms with E-state index in [2.05, 4.69) is 53.1 Å². The summed E-state index contributed by atoms with van der Waals surface area (Å²) >= 11 is 0. The standard InChI is InChI=1S/C39H23N4O2.Pt/c44-33-18-8-5-14-30(33)38-41-35(37-36(42-38)31-15-6-9-19-34(31)45-37)26-21-25(24-11-2-1-3-12-24)22-27(23-26)43-32-17-7-4-13-28(32)29-16-10-20-40-39(29)43;/h1-22,44H;/q-1;. The molecule has 0 aliphatic carbocycles. The van der Waals surface area contributed by atoms with E-state index in [1.54, 1.807) is 12.1 Å². The van der Waals surface area contributed by atoms with Crippen LogP contribution in [0.3, 0.4) is 0 Å². The molecule has 4 aromatic heterocycles. The van der Waals surface area contributed by atoms with Crippen molar-refractivity contribution < 1.29 is 30.6 Å². The Hall–Kier alpha value is -5.58. The van der Waals surface area contributed by atoms with Crippen LogP contribution in [0.4, 0.5) is 0 Å².